The molecule has 254 valence electrons. The summed E-state index contributed by atoms with van der Waals surface area (Å²) in [7, 11) is 0. The molecule has 0 saturated heterocycles. The summed E-state index contributed by atoms with van der Waals surface area (Å²) >= 11 is 13.4. The lowest BCUT2D eigenvalue weighted by molar-refractivity contribution is -0.125. The van der Waals surface area contributed by atoms with E-state index in [1.54, 1.807) is 6.20 Å². The summed E-state index contributed by atoms with van der Waals surface area (Å²) in [6, 6.07) is 13.8. The molecule has 0 unspecified atom stereocenters. The smallest absolute Gasteiger partial charge is 0.133 e. The van der Waals surface area contributed by atoms with Crippen molar-refractivity contribution in [1.29, 1.82) is 0 Å². The molecule has 2 saturated carbocycles. The maximum atomic E-state index is 12.3. The topological polar surface area (TPSA) is 150 Å². The fourth-order valence-electron chi connectivity index (χ4n) is 5.71. The van der Waals surface area contributed by atoms with E-state index in [2.05, 4.69) is 11.1 Å². The molecule has 0 aliphatic heterocycles. The minimum atomic E-state index is -1.71. The van der Waals surface area contributed by atoms with Crippen LogP contribution in [0.25, 0.3) is 11.1 Å². The van der Waals surface area contributed by atoms with Gasteiger partial charge in [0.1, 0.15) is 29.8 Å². The van der Waals surface area contributed by atoms with Gasteiger partial charge in [0.25, 0.3) is 0 Å². The molecule has 2 aliphatic rings. The van der Waals surface area contributed by atoms with Crippen molar-refractivity contribution in [2.24, 2.45) is 0 Å². The highest BCUT2D eigenvalue weighted by atomic mass is 35.5. The number of halogens is 2. The van der Waals surface area contributed by atoms with Crippen LogP contribution in [0.5, 0.6) is 5.75 Å². The first-order valence-corrected chi connectivity index (χ1v) is 17.0. The maximum absolute atomic E-state index is 12.3. The number of aryl methyl sites for hydroxylation is 1. The van der Waals surface area contributed by atoms with Crippen LogP contribution in [-0.4, -0.2) is 73.4 Å². The zero-order valence-corrected chi connectivity index (χ0v) is 27.7. The molecule has 11 heteroatoms. The van der Waals surface area contributed by atoms with Gasteiger partial charge in [-0.25, -0.2) is 0 Å². The van der Waals surface area contributed by atoms with Crippen molar-refractivity contribution in [2.45, 2.75) is 107 Å². The summed E-state index contributed by atoms with van der Waals surface area (Å²) < 4.78 is 12.8. The average molecular weight is 689 g/mol. The normalized spacial score (nSPS) is 17.9. The fraction of sp³-hybridized carbons (Fsp3) is 0.500. The maximum Gasteiger partial charge on any atom is 0.133 e. The highest BCUT2D eigenvalue weighted by Gasteiger charge is 2.48. The van der Waals surface area contributed by atoms with Crippen molar-refractivity contribution >= 4 is 29.0 Å². The number of aliphatic hydroxyl groups is 5. The molecule has 47 heavy (non-hydrogen) atoms. The summed E-state index contributed by atoms with van der Waals surface area (Å²) in [5, 5.41) is 49.1. The molecule has 0 spiro atoms. The largest absolute Gasteiger partial charge is 0.490 e. The number of unbranched alkanes of at least 4 members (excludes halogenated alkanes) is 1. The Morgan fingerprint density at radius 3 is 2.34 bits per heavy atom. The number of pyridine rings is 1. The molecule has 5 N–H and O–H groups in total. The van der Waals surface area contributed by atoms with E-state index in [1.165, 1.54) is 0 Å². The summed E-state index contributed by atoms with van der Waals surface area (Å²) in [5.41, 5.74) is 4.32. The van der Waals surface area contributed by atoms with Gasteiger partial charge in [-0.05, 0) is 92.3 Å². The van der Waals surface area contributed by atoms with Gasteiger partial charge in [-0.1, -0.05) is 41.4 Å². The van der Waals surface area contributed by atoms with Crippen LogP contribution in [0.2, 0.25) is 10.0 Å². The Bertz CT molecular complexity index is 1510. The summed E-state index contributed by atoms with van der Waals surface area (Å²) in [5.74, 6) is 0.786. The quantitative estimate of drug-likeness (QED) is 0.106. The van der Waals surface area contributed by atoms with E-state index >= 15 is 0 Å². The fourth-order valence-corrected chi connectivity index (χ4v) is 6.23. The molecule has 1 heterocycles. The number of ether oxygens (including phenoxy) is 2. The van der Waals surface area contributed by atoms with Crippen molar-refractivity contribution < 1.29 is 39.8 Å². The van der Waals surface area contributed by atoms with Crippen LogP contribution in [0.4, 0.5) is 0 Å². The molecule has 2 fully saturated rings. The van der Waals surface area contributed by atoms with Crippen molar-refractivity contribution in [3.8, 4) is 16.9 Å². The number of rotatable bonds is 19. The second kappa shape index (κ2) is 16.2. The van der Waals surface area contributed by atoms with E-state index < -0.39 is 36.6 Å². The van der Waals surface area contributed by atoms with Gasteiger partial charge >= 0.3 is 0 Å². The molecule has 2 aromatic carbocycles. The zero-order chi connectivity index (χ0) is 33.6. The van der Waals surface area contributed by atoms with Crippen LogP contribution >= 0.6 is 23.2 Å². The number of ketones is 1. The molecule has 0 bridgehead atoms. The minimum Gasteiger partial charge on any atom is -0.490 e. The highest BCUT2D eigenvalue weighted by molar-refractivity contribution is 6.34. The Balaban J connectivity index is 1.12. The van der Waals surface area contributed by atoms with Crippen molar-refractivity contribution in [2.75, 3.05) is 6.61 Å². The van der Waals surface area contributed by atoms with Crippen molar-refractivity contribution in [1.82, 2.24) is 4.98 Å². The minimum absolute atomic E-state index is 0.0181. The molecule has 0 radical (unpaired) electrons. The number of Topliss-reactive ketones (excluding diaryl/α,β-unsaturated/α-hetero) is 1. The predicted octanol–water partition coefficient (Wildman–Crippen LogP) is 5.30. The number of aliphatic hydroxyl groups excluding tert-OH is 5. The Kier molecular flexibility index (Phi) is 12.3. The summed E-state index contributed by atoms with van der Waals surface area (Å²) in [6.45, 7) is -0.464. The molecule has 1 aromatic heterocycles. The Morgan fingerprint density at radius 2 is 1.62 bits per heavy atom. The number of benzene rings is 2. The first kappa shape index (κ1) is 35.7. The SMILES string of the molecule is O=C(CCCCc1cc(Cl)c(COC2(c3cnccc3-c3ccccc3OC3CC3)CC2)cc1Cl)CC[C@H](O)[C@@H](O)[C@H](O)[C@H](O)CO. The molecule has 4 atom stereocenters. The standard InChI is InChI=1S/C36H43Cl2NO8/c37-29-18-23(30(38)17-22(29)5-1-2-6-24(41)9-12-31(42)34(44)35(45)32(43)20-40)21-46-36(14-15-36)28-19-39-16-13-26(28)27-7-3-4-8-33(27)47-25-10-11-25/h3-4,7-8,13,16-19,25,31-32,34-35,40,42-45H,1-2,5-6,9-12,14-15,20-21H2/t31-,32+,34+,35+/m0/s1. The number of hydrogen-bond donors (Lipinski definition) is 5. The third-order valence-electron chi connectivity index (χ3n) is 8.93. The van der Waals surface area contributed by atoms with Gasteiger partial charge in [-0.2, -0.15) is 0 Å². The van der Waals surface area contributed by atoms with Gasteiger partial charge in [-0.3, -0.25) is 9.78 Å². The van der Waals surface area contributed by atoms with Crippen LogP contribution in [0.3, 0.4) is 0 Å². The Morgan fingerprint density at radius 1 is 0.915 bits per heavy atom. The second-order valence-electron chi connectivity index (χ2n) is 12.6. The monoisotopic (exact) mass is 687 g/mol. The number of carbonyl (C=O) groups is 1. The number of aromatic nitrogens is 1. The van der Waals surface area contributed by atoms with Gasteiger partial charge in [0, 0.05) is 46.4 Å². The lowest BCUT2D eigenvalue weighted by Gasteiger charge is -2.25. The van der Waals surface area contributed by atoms with Crippen LogP contribution in [0.1, 0.15) is 74.5 Å². The number of nitrogens with zero attached hydrogens (tertiary/aromatic N) is 1. The van der Waals surface area contributed by atoms with E-state index in [0.717, 1.165) is 59.3 Å². The molecule has 9 nitrogen and oxygen atoms in total. The van der Waals surface area contributed by atoms with E-state index in [-0.39, 0.29) is 31.1 Å². The van der Waals surface area contributed by atoms with Crippen LogP contribution < -0.4 is 4.74 Å². The molecule has 3 aromatic rings. The number of hydrogen-bond acceptors (Lipinski definition) is 9. The van der Waals surface area contributed by atoms with Crippen molar-refractivity contribution in [3.05, 3.63) is 81.6 Å². The van der Waals surface area contributed by atoms with Gasteiger partial charge in [0.2, 0.25) is 0 Å². The molecular weight excluding hydrogens is 645 g/mol. The van der Waals surface area contributed by atoms with Gasteiger partial charge in [-0.15, -0.1) is 0 Å². The van der Waals surface area contributed by atoms with Crippen LogP contribution in [0, 0.1) is 0 Å². The van der Waals surface area contributed by atoms with Crippen LogP contribution in [-0.2, 0) is 28.2 Å². The zero-order valence-electron chi connectivity index (χ0n) is 26.2. The Labute approximate surface area is 285 Å². The van der Waals surface area contributed by atoms with Gasteiger partial charge in [0.15, 0.2) is 0 Å². The van der Waals surface area contributed by atoms with Crippen molar-refractivity contribution in [3.63, 3.8) is 0 Å². The lowest BCUT2D eigenvalue weighted by atomic mass is 9.96. The number of carbonyl (C=O) groups excluding carboxylic acids is 1. The third-order valence-corrected chi connectivity index (χ3v) is 9.63. The molecule has 2 aliphatic carbocycles. The first-order chi connectivity index (χ1) is 22.6. The molecule has 0 amide bonds. The number of para-hydroxylation sites is 1. The molecule has 5 rings (SSSR count). The third kappa shape index (κ3) is 9.31. The lowest BCUT2D eigenvalue weighted by Crippen LogP contribution is -2.45. The average Bonchev–Trinajstić information content (AvgIpc) is 4.03. The van der Waals surface area contributed by atoms with Gasteiger partial charge < -0.3 is 35.0 Å². The highest BCUT2D eigenvalue weighted by Crippen LogP contribution is 2.53. The van der Waals surface area contributed by atoms with Crippen LogP contribution in [0.15, 0.2) is 54.9 Å². The van der Waals surface area contributed by atoms with E-state index in [0.29, 0.717) is 35.9 Å². The van der Waals surface area contributed by atoms with Gasteiger partial charge in [0.05, 0.1) is 31.0 Å². The summed E-state index contributed by atoms with van der Waals surface area (Å²) in [6.07, 6.45) is 3.70. The predicted molar refractivity (Wildman–Crippen MR) is 178 cm³/mol. The Hall–Kier alpha value is -2.60. The summed E-state index contributed by atoms with van der Waals surface area (Å²) in [4.78, 5) is 16.7. The van der Waals surface area contributed by atoms with E-state index in [1.807, 2.05) is 42.6 Å². The first-order valence-electron chi connectivity index (χ1n) is 16.3. The van der Waals surface area contributed by atoms with E-state index in [4.69, 9.17) is 37.8 Å². The molecular formula is C36H43Cl2NO8. The van der Waals surface area contributed by atoms with E-state index in [9.17, 15) is 25.2 Å². The second-order valence-corrected chi connectivity index (χ2v) is 13.4.